The first-order valence-corrected chi connectivity index (χ1v) is 7.00. The van der Waals surface area contributed by atoms with Gasteiger partial charge in [-0.1, -0.05) is 23.7 Å². The van der Waals surface area contributed by atoms with E-state index in [9.17, 15) is 5.11 Å². The van der Waals surface area contributed by atoms with Crippen LogP contribution in [0.1, 0.15) is 26.3 Å². The van der Waals surface area contributed by atoms with Crippen molar-refractivity contribution in [2.45, 2.75) is 39.0 Å². The third-order valence-electron chi connectivity index (χ3n) is 2.73. The number of nitrogens with one attached hydrogen (secondary N) is 1. The number of benzene rings is 1. The number of aliphatic hydroxyl groups excluding tert-OH is 1. The Bertz CT molecular complexity index is 390. The van der Waals surface area contributed by atoms with Crippen LogP contribution in [0.15, 0.2) is 24.3 Å². The maximum Gasteiger partial charge on any atom is 0.0791 e. The third-order valence-corrected chi connectivity index (χ3v) is 2.97. The summed E-state index contributed by atoms with van der Waals surface area (Å²) in [6, 6.07) is 7.82. The van der Waals surface area contributed by atoms with Crippen LogP contribution in [0.2, 0.25) is 5.02 Å². The maximum absolute atomic E-state index is 9.99. The van der Waals surface area contributed by atoms with Gasteiger partial charge >= 0.3 is 0 Å². The molecule has 1 unspecified atom stereocenters. The molecule has 0 saturated carbocycles. The Morgan fingerprint density at radius 1 is 1.37 bits per heavy atom. The Morgan fingerprint density at radius 2 is 2.05 bits per heavy atom. The molecule has 1 aromatic carbocycles. The van der Waals surface area contributed by atoms with Crippen molar-refractivity contribution >= 4 is 11.6 Å². The summed E-state index contributed by atoms with van der Waals surface area (Å²) in [6.07, 6.45) is -0.372. The minimum Gasteiger partial charge on any atom is -0.390 e. The van der Waals surface area contributed by atoms with Gasteiger partial charge in [0.05, 0.1) is 6.10 Å². The van der Waals surface area contributed by atoms with Crippen molar-refractivity contribution in [3.63, 3.8) is 0 Å². The number of hydrogen-bond donors (Lipinski definition) is 2. The lowest BCUT2D eigenvalue weighted by Gasteiger charge is -2.25. The molecular weight excluding hydrogens is 260 g/mol. The van der Waals surface area contributed by atoms with E-state index >= 15 is 0 Å². The number of hydrogen-bond acceptors (Lipinski definition) is 3. The SMILES string of the molecule is CN(Cc1cccc(Cl)c1)CC(O)CNC(C)(C)C. The Hall–Kier alpha value is -0.610. The summed E-state index contributed by atoms with van der Waals surface area (Å²) >= 11 is 5.96. The first-order valence-electron chi connectivity index (χ1n) is 6.62. The van der Waals surface area contributed by atoms with Gasteiger partial charge in [-0.05, 0) is 45.5 Å². The second-order valence-electron chi connectivity index (χ2n) is 6.11. The van der Waals surface area contributed by atoms with Gasteiger partial charge in [0.2, 0.25) is 0 Å². The molecule has 108 valence electrons. The molecule has 0 aliphatic carbocycles. The monoisotopic (exact) mass is 284 g/mol. The van der Waals surface area contributed by atoms with Crippen molar-refractivity contribution in [1.29, 1.82) is 0 Å². The molecule has 0 fully saturated rings. The molecular formula is C15H25ClN2O. The van der Waals surface area contributed by atoms with Crippen molar-refractivity contribution < 1.29 is 5.11 Å². The van der Waals surface area contributed by atoms with Crippen LogP contribution in [0, 0.1) is 0 Å². The van der Waals surface area contributed by atoms with E-state index in [2.05, 4.69) is 31.0 Å². The molecule has 2 N–H and O–H groups in total. The van der Waals surface area contributed by atoms with Gasteiger partial charge in [-0.25, -0.2) is 0 Å². The fraction of sp³-hybridized carbons (Fsp3) is 0.600. The van der Waals surface area contributed by atoms with E-state index in [4.69, 9.17) is 11.6 Å². The largest absolute Gasteiger partial charge is 0.390 e. The highest BCUT2D eigenvalue weighted by atomic mass is 35.5. The molecule has 0 aliphatic heterocycles. The quantitative estimate of drug-likeness (QED) is 0.843. The first kappa shape index (κ1) is 16.4. The smallest absolute Gasteiger partial charge is 0.0791 e. The van der Waals surface area contributed by atoms with Crippen LogP contribution in [-0.4, -0.2) is 41.8 Å². The minimum absolute atomic E-state index is 0.0342. The van der Waals surface area contributed by atoms with Crippen molar-refractivity contribution in [2.75, 3.05) is 20.1 Å². The summed E-state index contributed by atoms with van der Waals surface area (Å²) in [4.78, 5) is 2.10. The van der Waals surface area contributed by atoms with Crippen molar-refractivity contribution in [1.82, 2.24) is 10.2 Å². The summed E-state index contributed by atoms with van der Waals surface area (Å²) in [5.74, 6) is 0. The molecule has 0 spiro atoms. The fourth-order valence-corrected chi connectivity index (χ4v) is 2.07. The van der Waals surface area contributed by atoms with Gasteiger partial charge in [-0.2, -0.15) is 0 Å². The predicted molar refractivity (Wildman–Crippen MR) is 81.5 cm³/mol. The van der Waals surface area contributed by atoms with Gasteiger partial charge in [0, 0.05) is 30.2 Å². The van der Waals surface area contributed by atoms with Crippen molar-refractivity contribution in [3.8, 4) is 0 Å². The van der Waals surface area contributed by atoms with Gasteiger partial charge < -0.3 is 10.4 Å². The number of likely N-dealkylation sites (N-methyl/N-ethyl adjacent to an activating group) is 1. The third kappa shape index (κ3) is 7.53. The molecule has 0 aliphatic rings. The molecule has 0 amide bonds. The lowest BCUT2D eigenvalue weighted by atomic mass is 10.1. The molecule has 1 rings (SSSR count). The van der Waals surface area contributed by atoms with Gasteiger partial charge in [-0.15, -0.1) is 0 Å². The highest BCUT2D eigenvalue weighted by Gasteiger charge is 2.13. The van der Waals surface area contributed by atoms with Gasteiger partial charge in [0.1, 0.15) is 0 Å². The molecule has 0 radical (unpaired) electrons. The summed E-state index contributed by atoms with van der Waals surface area (Å²) in [7, 11) is 2.00. The maximum atomic E-state index is 9.99. The van der Waals surface area contributed by atoms with E-state index in [0.717, 1.165) is 17.1 Å². The summed E-state index contributed by atoms with van der Waals surface area (Å²) in [5, 5.41) is 14.0. The standard InChI is InChI=1S/C15H25ClN2O/c1-15(2,3)17-9-14(19)11-18(4)10-12-6-5-7-13(16)8-12/h5-8,14,17,19H,9-11H2,1-4H3. The Kier molecular flexibility index (Phi) is 6.27. The van der Waals surface area contributed by atoms with Crippen LogP contribution in [0.4, 0.5) is 0 Å². The lowest BCUT2D eigenvalue weighted by molar-refractivity contribution is 0.114. The van der Waals surface area contributed by atoms with E-state index in [1.165, 1.54) is 0 Å². The highest BCUT2D eigenvalue weighted by Crippen LogP contribution is 2.12. The first-order chi connectivity index (χ1) is 8.76. The summed E-state index contributed by atoms with van der Waals surface area (Å²) in [5.41, 5.74) is 1.19. The Labute approximate surface area is 121 Å². The predicted octanol–water partition coefficient (Wildman–Crippen LogP) is 2.52. The molecule has 3 nitrogen and oxygen atoms in total. The van der Waals surface area contributed by atoms with E-state index in [1.54, 1.807) is 0 Å². The number of halogens is 1. The van der Waals surface area contributed by atoms with E-state index in [-0.39, 0.29) is 11.6 Å². The number of β-amino-alcohol motifs (C(OH)–C–C–N with tert-alkyl or cyclic N) is 1. The number of aliphatic hydroxyl groups is 1. The van der Waals surface area contributed by atoms with Crippen LogP contribution in [0.5, 0.6) is 0 Å². The lowest BCUT2D eigenvalue weighted by Crippen LogP contribution is -2.44. The summed E-state index contributed by atoms with van der Waals surface area (Å²) in [6.45, 7) is 8.30. The zero-order valence-electron chi connectivity index (χ0n) is 12.3. The van der Waals surface area contributed by atoms with E-state index in [0.29, 0.717) is 13.1 Å². The second-order valence-corrected chi connectivity index (χ2v) is 6.55. The van der Waals surface area contributed by atoms with Crippen LogP contribution >= 0.6 is 11.6 Å². The van der Waals surface area contributed by atoms with E-state index < -0.39 is 0 Å². The van der Waals surface area contributed by atoms with Crippen LogP contribution in [-0.2, 0) is 6.54 Å². The molecule has 0 bridgehead atoms. The highest BCUT2D eigenvalue weighted by molar-refractivity contribution is 6.30. The van der Waals surface area contributed by atoms with Crippen LogP contribution in [0.25, 0.3) is 0 Å². The molecule has 1 atom stereocenters. The van der Waals surface area contributed by atoms with E-state index in [1.807, 2.05) is 31.3 Å². The Balaban J connectivity index is 2.36. The van der Waals surface area contributed by atoms with Crippen LogP contribution in [0.3, 0.4) is 0 Å². The second kappa shape index (κ2) is 7.25. The zero-order valence-corrected chi connectivity index (χ0v) is 13.0. The molecule has 0 saturated heterocycles. The number of rotatable bonds is 6. The van der Waals surface area contributed by atoms with Crippen LogP contribution < -0.4 is 5.32 Å². The molecule has 4 heteroatoms. The van der Waals surface area contributed by atoms with Gasteiger partial charge in [0.15, 0.2) is 0 Å². The molecule has 1 aromatic rings. The minimum atomic E-state index is -0.372. The molecule has 0 aromatic heterocycles. The average Bonchev–Trinajstić information content (AvgIpc) is 2.25. The van der Waals surface area contributed by atoms with Gasteiger partial charge in [-0.3, -0.25) is 4.90 Å². The summed E-state index contributed by atoms with van der Waals surface area (Å²) < 4.78 is 0. The van der Waals surface area contributed by atoms with Gasteiger partial charge in [0.25, 0.3) is 0 Å². The molecule has 0 heterocycles. The topological polar surface area (TPSA) is 35.5 Å². The Morgan fingerprint density at radius 3 is 2.63 bits per heavy atom. The molecule has 19 heavy (non-hydrogen) atoms. The number of nitrogens with zero attached hydrogens (tertiary/aromatic N) is 1. The fourth-order valence-electron chi connectivity index (χ4n) is 1.86. The van der Waals surface area contributed by atoms with Crippen molar-refractivity contribution in [3.05, 3.63) is 34.9 Å². The normalized spacial score (nSPS) is 13.8. The van der Waals surface area contributed by atoms with Crippen molar-refractivity contribution in [2.24, 2.45) is 0 Å². The average molecular weight is 285 g/mol. The zero-order chi connectivity index (χ0) is 14.5.